The summed E-state index contributed by atoms with van der Waals surface area (Å²) >= 11 is 6.11. The maximum absolute atomic E-state index is 11.6. The predicted molar refractivity (Wildman–Crippen MR) is 83.7 cm³/mol. The first-order chi connectivity index (χ1) is 10.1. The molecular weight excluding hydrogens is 286 g/mol. The van der Waals surface area contributed by atoms with Crippen molar-refractivity contribution < 1.29 is 9.90 Å². The van der Waals surface area contributed by atoms with Crippen LogP contribution >= 0.6 is 11.6 Å². The minimum absolute atomic E-state index is 0.462. The van der Waals surface area contributed by atoms with E-state index >= 15 is 0 Å². The van der Waals surface area contributed by atoms with Gasteiger partial charge in [-0.2, -0.15) is 0 Å². The first-order valence-corrected chi connectivity index (χ1v) is 7.19. The van der Waals surface area contributed by atoms with Crippen molar-refractivity contribution in [3.8, 4) is 0 Å². The molecule has 0 fully saturated rings. The summed E-state index contributed by atoms with van der Waals surface area (Å²) in [5.74, 6) is -0.545. The number of rotatable bonds is 2. The molecule has 1 heterocycles. The maximum Gasteiger partial charge on any atom is 0.128 e. The van der Waals surface area contributed by atoms with E-state index in [1.54, 1.807) is 12.1 Å². The van der Waals surface area contributed by atoms with E-state index in [2.05, 4.69) is 0 Å². The number of halogens is 1. The van der Waals surface area contributed by atoms with Gasteiger partial charge in [-0.05, 0) is 23.8 Å². The van der Waals surface area contributed by atoms with Crippen LogP contribution in [0.3, 0.4) is 0 Å². The van der Waals surface area contributed by atoms with E-state index in [4.69, 9.17) is 11.6 Å². The highest BCUT2D eigenvalue weighted by atomic mass is 35.5. The molecule has 4 heteroatoms. The summed E-state index contributed by atoms with van der Waals surface area (Å²) in [7, 11) is 1.91. The Hall–Kier alpha value is -1.84. The summed E-state index contributed by atoms with van der Waals surface area (Å²) in [5, 5.41) is 11.9. The summed E-state index contributed by atoms with van der Waals surface area (Å²) < 4.78 is 0. The summed E-state index contributed by atoms with van der Waals surface area (Å²) in [5.41, 5.74) is 0.921. The first-order valence-electron chi connectivity index (χ1n) is 6.81. The predicted octanol–water partition coefficient (Wildman–Crippen LogP) is 2.84. The topological polar surface area (TPSA) is 40.5 Å². The van der Waals surface area contributed by atoms with Gasteiger partial charge in [0.1, 0.15) is 11.9 Å². The Morgan fingerprint density at radius 3 is 2.67 bits per heavy atom. The minimum atomic E-state index is -1.35. The van der Waals surface area contributed by atoms with Crippen molar-refractivity contribution >= 4 is 23.6 Å². The lowest BCUT2D eigenvalue weighted by Crippen LogP contribution is -2.48. The Kier molecular flexibility index (Phi) is 3.47. The number of anilines is 1. The lowest BCUT2D eigenvalue weighted by atomic mass is 9.73. The lowest BCUT2D eigenvalue weighted by molar-refractivity contribution is -0.118. The number of aliphatic hydroxyl groups is 1. The molecule has 0 aromatic heterocycles. The van der Waals surface area contributed by atoms with E-state index < -0.39 is 11.5 Å². The van der Waals surface area contributed by atoms with Crippen molar-refractivity contribution in [3.63, 3.8) is 0 Å². The molecule has 0 aliphatic carbocycles. The van der Waals surface area contributed by atoms with Crippen molar-refractivity contribution in [1.82, 2.24) is 0 Å². The zero-order valence-corrected chi connectivity index (χ0v) is 12.4. The van der Waals surface area contributed by atoms with E-state index in [0.29, 0.717) is 22.7 Å². The van der Waals surface area contributed by atoms with Gasteiger partial charge in [0.25, 0.3) is 0 Å². The lowest BCUT2D eigenvalue weighted by Gasteiger charge is -2.43. The Morgan fingerprint density at radius 2 is 2.00 bits per heavy atom. The van der Waals surface area contributed by atoms with Gasteiger partial charge in [-0.3, -0.25) is 0 Å². The maximum atomic E-state index is 11.6. The fraction of sp³-hybridized carbons (Fsp3) is 0.235. The third-order valence-corrected chi connectivity index (χ3v) is 4.40. The number of aldehydes is 1. The summed E-state index contributed by atoms with van der Waals surface area (Å²) in [6.07, 6.45) is 0.827. The molecule has 108 valence electrons. The number of carbonyl (C=O) groups is 1. The van der Waals surface area contributed by atoms with Gasteiger partial charge in [-0.15, -0.1) is 0 Å². The van der Waals surface area contributed by atoms with Crippen LogP contribution in [-0.2, 0) is 10.4 Å². The van der Waals surface area contributed by atoms with Crippen molar-refractivity contribution in [3.05, 3.63) is 64.7 Å². The molecule has 1 aliphatic rings. The second-order valence-electron chi connectivity index (χ2n) is 5.42. The monoisotopic (exact) mass is 301 g/mol. The Morgan fingerprint density at radius 1 is 1.29 bits per heavy atom. The second kappa shape index (κ2) is 5.17. The highest BCUT2D eigenvalue weighted by Gasteiger charge is 2.46. The van der Waals surface area contributed by atoms with Crippen molar-refractivity contribution in [2.24, 2.45) is 5.92 Å². The minimum Gasteiger partial charge on any atom is -0.379 e. The van der Waals surface area contributed by atoms with Crippen LogP contribution in [0.15, 0.2) is 48.5 Å². The standard InChI is InChI=1S/C17H16ClNO2/c1-19-10-13(11-20)17(21,12-5-3-2-4-6-12)15-9-14(18)7-8-16(15)19/h2-9,11,13,21H,10H2,1H3. The molecule has 0 saturated heterocycles. The average Bonchev–Trinajstić information content (AvgIpc) is 2.51. The average molecular weight is 302 g/mol. The zero-order valence-electron chi connectivity index (χ0n) is 11.7. The fourth-order valence-corrected chi connectivity index (χ4v) is 3.25. The molecule has 2 unspecified atom stereocenters. The number of hydrogen-bond acceptors (Lipinski definition) is 3. The number of benzene rings is 2. The molecule has 0 bridgehead atoms. The van der Waals surface area contributed by atoms with Gasteiger partial charge in [0, 0.05) is 29.9 Å². The molecule has 1 N–H and O–H groups in total. The van der Waals surface area contributed by atoms with Crippen LogP contribution in [0.25, 0.3) is 0 Å². The Balaban J connectivity index is 2.28. The molecule has 0 amide bonds. The van der Waals surface area contributed by atoms with Gasteiger partial charge in [0.2, 0.25) is 0 Å². The Labute approximate surface area is 128 Å². The quantitative estimate of drug-likeness (QED) is 0.867. The Bertz CT molecular complexity index is 674. The summed E-state index contributed by atoms with van der Waals surface area (Å²) in [6, 6.07) is 14.7. The summed E-state index contributed by atoms with van der Waals surface area (Å²) in [4.78, 5) is 13.5. The van der Waals surface area contributed by atoms with Crippen LogP contribution in [0.4, 0.5) is 5.69 Å². The van der Waals surface area contributed by atoms with Crippen molar-refractivity contribution in [2.75, 3.05) is 18.5 Å². The SMILES string of the molecule is CN1CC(C=O)C(O)(c2ccccc2)c2cc(Cl)ccc21. The van der Waals surface area contributed by atoms with Crippen LogP contribution in [0.5, 0.6) is 0 Å². The van der Waals surface area contributed by atoms with Crippen LogP contribution in [0.2, 0.25) is 5.02 Å². The fourth-order valence-electron chi connectivity index (χ4n) is 3.07. The molecule has 0 radical (unpaired) electrons. The van der Waals surface area contributed by atoms with Crippen LogP contribution < -0.4 is 4.90 Å². The smallest absolute Gasteiger partial charge is 0.128 e. The molecule has 3 rings (SSSR count). The van der Waals surface area contributed by atoms with Crippen LogP contribution in [0, 0.1) is 5.92 Å². The van der Waals surface area contributed by atoms with E-state index in [-0.39, 0.29) is 0 Å². The van der Waals surface area contributed by atoms with E-state index in [1.165, 1.54) is 0 Å². The first kappa shape index (κ1) is 14.1. The third-order valence-electron chi connectivity index (χ3n) is 4.17. The van der Waals surface area contributed by atoms with E-state index in [9.17, 15) is 9.90 Å². The molecule has 0 spiro atoms. The number of nitrogens with zero attached hydrogens (tertiary/aromatic N) is 1. The largest absolute Gasteiger partial charge is 0.379 e. The molecule has 2 aromatic rings. The highest BCUT2D eigenvalue weighted by molar-refractivity contribution is 6.30. The third kappa shape index (κ3) is 2.13. The molecule has 1 aliphatic heterocycles. The van der Waals surface area contributed by atoms with E-state index in [0.717, 1.165) is 12.0 Å². The molecule has 2 aromatic carbocycles. The molecule has 2 atom stereocenters. The molecular formula is C17H16ClNO2. The molecule has 21 heavy (non-hydrogen) atoms. The molecule has 0 saturated carbocycles. The molecule has 3 nitrogen and oxygen atoms in total. The van der Waals surface area contributed by atoms with Crippen molar-refractivity contribution in [2.45, 2.75) is 5.60 Å². The van der Waals surface area contributed by atoms with Gasteiger partial charge in [-0.25, -0.2) is 0 Å². The number of fused-ring (bicyclic) bond motifs is 1. The summed E-state index contributed by atoms with van der Waals surface area (Å²) in [6.45, 7) is 0.462. The second-order valence-corrected chi connectivity index (χ2v) is 5.85. The van der Waals surface area contributed by atoms with Gasteiger partial charge in [-0.1, -0.05) is 41.9 Å². The van der Waals surface area contributed by atoms with Crippen LogP contribution in [0.1, 0.15) is 11.1 Å². The highest BCUT2D eigenvalue weighted by Crippen LogP contribution is 2.45. The zero-order chi connectivity index (χ0) is 15.0. The van der Waals surface area contributed by atoms with Gasteiger partial charge in [0.15, 0.2) is 0 Å². The normalized spacial score (nSPS) is 24.5. The number of carbonyl (C=O) groups excluding carboxylic acids is 1. The van der Waals surface area contributed by atoms with Gasteiger partial charge >= 0.3 is 0 Å². The number of hydrogen-bond donors (Lipinski definition) is 1. The van der Waals surface area contributed by atoms with Crippen molar-refractivity contribution in [1.29, 1.82) is 0 Å². The van der Waals surface area contributed by atoms with Crippen LogP contribution in [-0.4, -0.2) is 25.0 Å². The van der Waals surface area contributed by atoms with Gasteiger partial charge < -0.3 is 14.8 Å². The van der Waals surface area contributed by atoms with Gasteiger partial charge in [0.05, 0.1) is 5.92 Å². The van der Waals surface area contributed by atoms with E-state index in [1.807, 2.05) is 48.3 Å².